The lowest BCUT2D eigenvalue weighted by Gasteiger charge is -2.29. The van der Waals surface area contributed by atoms with E-state index >= 15 is 0 Å². The lowest BCUT2D eigenvalue weighted by molar-refractivity contribution is -0.140. The summed E-state index contributed by atoms with van der Waals surface area (Å²) in [5.74, 6) is 0.0866. The molecular formula is C22H34O4. The number of rotatable bonds is 3. The maximum Gasteiger partial charge on any atom is 0.302 e. The van der Waals surface area contributed by atoms with Gasteiger partial charge in [-0.3, -0.25) is 4.79 Å². The van der Waals surface area contributed by atoms with Crippen LogP contribution in [0.25, 0.3) is 0 Å². The van der Waals surface area contributed by atoms with Gasteiger partial charge in [-0.05, 0) is 56.6 Å². The molecule has 2 heterocycles. The summed E-state index contributed by atoms with van der Waals surface area (Å²) in [7, 11) is 0. The SMILES string of the molecule is CC(=O)OC/C1=C\CC/C(C)=C/CC[C@](C)(O)[C@H]2C=C(C(C)C)[C@H](C1)O2. The molecule has 0 radical (unpaired) electrons. The van der Waals surface area contributed by atoms with E-state index in [4.69, 9.17) is 9.47 Å². The highest BCUT2D eigenvalue weighted by Crippen LogP contribution is 2.36. The van der Waals surface area contributed by atoms with Crippen LogP contribution in [0.1, 0.15) is 66.7 Å². The number of carbonyl (C=O) groups is 1. The average Bonchev–Trinajstić information content (AvgIpc) is 2.96. The molecule has 0 aromatic heterocycles. The molecule has 0 aromatic rings. The Balaban J connectivity index is 2.28. The highest BCUT2D eigenvalue weighted by atomic mass is 16.5. The lowest BCUT2D eigenvalue weighted by atomic mass is 9.89. The maximum atomic E-state index is 11.2. The van der Waals surface area contributed by atoms with Crippen molar-refractivity contribution in [2.45, 2.75) is 84.5 Å². The molecule has 0 fully saturated rings. The summed E-state index contributed by atoms with van der Waals surface area (Å²) in [4.78, 5) is 11.2. The second-order valence-electron chi connectivity index (χ2n) is 8.20. The monoisotopic (exact) mass is 362 g/mol. The third kappa shape index (κ3) is 5.82. The van der Waals surface area contributed by atoms with E-state index in [0.717, 1.165) is 24.8 Å². The van der Waals surface area contributed by atoms with Crippen LogP contribution in [0.15, 0.2) is 34.9 Å². The van der Waals surface area contributed by atoms with Crippen molar-refractivity contribution in [1.82, 2.24) is 0 Å². The van der Waals surface area contributed by atoms with Gasteiger partial charge in [-0.15, -0.1) is 0 Å². The number of hydrogen-bond acceptors (Lipinski definition) is 4. The summed E-state index contributed by atoms with van der Waals surface area (Å²) >= 11 is 0. The Morgan fingerprint density at radius 2 is 2.12 bits per heavy atom. The number of carbonyl (C=O) groups excluding carboxylic acids is 1. The van der Waals surface area contributed by atoms with Crippen molar-refractivity contribution in [3.63, 3.8) is 0 Å². The van der Waals surface area contributed by atoms with E-state index in [1.807, 2.05) is 6.92 Å². The minimum absolute atomic E-state index is 0.0666. The predicted molar refractivity (Wildman–Crippen MR) is 104 cm³/mol. The van der Waals surface area contributed by atoms with Crippen molar-refractivity contribution in [3.05, 3.63) is 34.9 Å². The van der Waals surface area contributed by atoms with Gasteiger partial charge in [0.2, 0.25) is 0 Å². The Hall–Kier alpha value is -1.39. The molecule has 4 heteroatoms. The Morgan fingerprint density at radius 1 is 1.38 bits per heavy atom. The summed E-state index contributed by atoms with van der Waals surface area (Å²) < 4.78 is 11.5. The van der Waals surface area contributed by atoms with Crippen molar-refractivity contribution >= 4 is 5.97 Å². The smallest absolute Gasteiger partial charge is 0.302 e. The van der Waals surface area contributed by atoms with Crippen LogP contribution in [0.5, 0.6) is 0 Å². The number of esters is 1. The van der Waals surface area contributed by atoms with E-state index in [1.54, 1.807) is 0 Å². The van der Waals surface area contributed by atoms with Gasteiger partial charge >= 0.3 is 5.97 Å². The minimum Gasteiger partial charge on any atom is -0.461 e. The molecule has 2 aliphatic heterocycles. The number of ether oxygens (including phenoxy) is 2. The molecule has 0 spiro atoms. The van der Waals surface area contributed by atoms with Gasteiger partial charge in [-0.25, -0.2) is 0 Å². The molecular weight excluding hydrogens is 328 g/mol. The van der Waals surface area contributed by atoms with Crippen LogP contribution in [0.3, 0.4) is 0 Å². The first-order chi connectivity index (χ1) is 12.2. The summed E-state index contributed by atoms with van der Waals surface area (Å²) in [6, 6.07) is 0. The number of hydrogen-bond donors (Lipinski definition) is 1. The Morgan fingerprint density at radius 3 is 2.77 bits per heavy atom. The van der Waals surface area contributed by atoms with E-state index in [-0.39, 0.29) is 18.2 Å². The number of fused-ring (bicyclic) bond motifs is 2. The van der Waals surface area contributed by atoms with Crippen molar-refractivity contribution in [3.8, 4) is 0 Å². The highest BCUT2D eigenvalue weighted by Gasteiger charge is 2.39. The van der Waals surface area contributed by atoms with E-state index in [9.17, 15) is 9.90 Å². The van der Waals surface area contributed by atoms with Crippen LogP contribution in [-0.4, -0.2) is 35.5 Å². The largest absolute Gasteiger partial charge is 0.461 e. The topological polar surface area (TPSA) is 55.8 Å². The Labute approximate surface area is 158 Å². The third-order valence-corrected chi connectivity index (χ3v) is 5.33. The van der Waals surface area contributed by atoms with Gasteiger partial charge in [0.05, 0.1) is 11.7 Å². The Kier molecular flexibility index (Phi) is 7.24. The van der Waals surface area contributed by atoms with Crippen molar-refractivity contribution in [2.75, 3.05) is 6.61 Å². The first-order valence-corrected chi connectivity index (χ1v) is 9.75. The first-order valence-electron chi connectivity index (χ1n) is 9.75. The summed E-state index contributed by atoms with van der Waals surface area (Å²) in [5, 5.41) is 11.0. The molecule has 26 heavy (non-hydrogen) atoms. The average molecular weight is 363 g/mol. The molecule has 0 aliphatic carbocycles. The molecule has 0 saturated carbocycles. The standard InChI is InChI=1S/C22H34O4/c1-15(2)19-13-21-22(5,24)11-7-9-16(3)8-6-10-18(12-20(19)26-21)14-25-17(4)23/h9-10,13,15,20-21,24H,6-8,11-12,14H2,1-5H3/b16-9+,18-10-/t20-,21+,22-/m0/s1. The zero-order valence-electron chi connectivity index (χ0n) is 16.9. The molecule has 4 nitrogen and oxygen atoms in total. The van der Waals surface area contributed by atoms with Crippen molar-refractivity contribution in [1.29, 1.82) is 0 Å². The maximum absolute atomic E-state index is 11.2. The lowest BCUT2D eigenvalue weighted by Crippen LogP contribution is -2.39. The molecule has 3 atom stereocenters. The zero-order valence-corrected chi connectivity index (χ0v) is 16.9. The van der Waals surface area contributed by atoms with Crippen LogP contribution in [0, 0.1) is 5.92 Å². The van der Waals surface area contributed by atoms with Gasteiger partial charge in [0, 0.05) is 13.3 Å². The molecule has 2 rings (SSSR count). The fourth-order valence-electron chi connectivity index (χ4n) is 3.63. The van der Waals surface area contributed by atoms with Gasteiger partial charge in [0.1, 0.15) is 12.7 Å². The fraction of sp³-hybridized carbons (Fsp3) is 0.682. The van der Waals surface area contributed by atoms with Crippen LogP contribution in [0.2, 0.25) is 0 Å². The van der Waals surface area contributed by atoms with Gasteiger partial charge < -0.3 is 14.6 Å². The third-order valence-electron chi connectivity index (χ3n) is 5.33. The quantitative estimate of drug-likeness (QED) is 0.594. The van der Waals surface area contributed by atoms with Gasteiger partial charge in [0.15, 0.2) is 0 Å². The van der Waals surface area contributed by atoms with Crippen molar-refractivity contribution in [2.24, 2.45) is 5.92 Å². The van der Waals surface area contributed by atoms with Crippen LogP contribution >= 0.6 is 0 Å². The minimum atomic E-state index is -0.889. The van der Waals surface area contributed by atoms with Gasteiger partial charge in [0.25, 0.3) is 0 Å². The van der Waals surface area contributed by atoms with E-state index < -0.39 is 5.60 Å². The van der Waals surface area contributed by atoms with Crippen LogP contribution in [0.4, 0.5) is 0 Å². The second kappa shape index (κ2) is 9.01. The highest BCUT2D eigenvalue weighted by molar-refractivity contribution is 5.66. The molecule has 146 valence electrons. The van der Waals surface area contributed by atoms with Crippen LogP contribution in [-0.2, 0) is 14.3 Å². The normalized spacial score (nSPS) is 34.5. The zero-order chi connectivity index (χ0) is 19.3. The molecule has 0 aromatic carbocycles. The summed E-state index contributed by atoms with van der Waals surface area (Å²) in [5.41, 5.74) is 2.75. The predicted octanol–water partition coefficient (Wildman–Crippen LogP) is 4.49. The second-order valence-corrected chi connectivity index (χ2v) is 8.20. The number of allylic oxidation sites excluding steroid dienone is 3. The molecule has 0 unspecified atom stereocenters. The van der Waals surface area contributed by atoms with Gasteiger partial charge in [-0.2, -0.15) is 0 Å². The van der Waals surface area contributed by atoms with E-state index in [2.05, 4.69) is 39.0 Å². The number of aliphatic hydroxyl groups is 1. The molecule has 0 amide bonds. The molecule has 2 aliphatic rings. The molecule has 1 N–H and O–H groups in total. The van der Waals surface area contributed by atoms with E-state index in [1.165, 1.54) is 18.1 Å². The Bertz CT molecular complexity index is 595. The van der Waals surface area contributed by atoms with Crippen molar-refractivity contribution < 1.29 is 19.4 Å². The fourth-order valence-corrected chi connectivity index (χ4v) is 3.63. The summed E-state index contributed by atoms with van der Waals surface area (Å²) in [6.45, 7) is 10.1. The van der Waals surface area contributed by atoms with Gasteiger partial charge in [-0.1, -0.05) is 37.6 Å². The van der Waals surface area contributed by atoms with E-state index in [0.29, 0.717) is 25.4 Å². The first kappa shape index (κ1) is 20.9. The van der Waals surface area contributed by atoms with Crippen LogP contribution < -0.4 is 0 Å². The summed E-state index contributed by atoms with van der Waals surface area (Å²) in [6.07, 6.45) is 10.3. The molecule has 0 saturated heterocycles. The molecule has 2 bridgehead atoms.